The molecule has 0 saturated carbocycles. The molecule has 2 aliphatic heterocycles. The SMILES string of the molecule is CC1(C)CCN(C(=O)CC2CNCCO2)CCS1. The zero-order valence-electron chi connectivity index (χ0n) is 11.4. The quantitative estimate of drug-likeness (QED) is 0.817. The van der Waals surface area contributed by atoms with Crippen molar-refractivity contribution in [3.8, 4) is 0 Å². The number of thioether (sulfide) groups is 1. The second-order valence-electron chi connectivity index (χ2n) is 5.64. The van der Waals surface area contributed by atoms with Gasteiger partial charge in [0.25, 0.3) is 0 Å². The minimum atomic E-state index is 0.0650. The Morgan fingerprint density at radius 1 is 1.50 bits per heavy atom. The van der Waals surface area contributed by atoms with Crippen molar-refractivity contribution in [2.75, 3.05) is 38.5 Å². The van der Waals surface area contributed by atoms with Crippen LogP contribution in [0.15, 0.2) is 0 Å². The molecule has 2 saturated heterocycles. The zero-order chi connectivity index (χ0) is 13.0. The summed E-state index contributed by atoms with van der Waals surface area (Å²) in [5, 5.41) is 3.27. The molecule has 104 valence electrons. The van der Waals surface area contributed by atoms with E-state index in [9.17, 15) is 4.79 Å². The molecule has 4 nitrogen and oxygen atoms in total. The Morgan fingerprint density at radius 3 is 3.06 bits per heavy atom. The molecule has 1 N–H and O–H groups in total. The van der Waals surface area contributed by atoms with Gasteiger partial charge in [-0.25, -0.2) is 0 Å². The van der Waals surface area contributed by atoms with Crippen LogP contribution in [0, 0.1) is 0 Å². The van der Waals surface area contributed by atoms with E-state index in [1.165, 1.54) is 0 Å². The second kappa shape index (κ2) is 6.26. The van der Waals surface area contributed by atoms with Crippen LogP contribution in [0.5, 0.6) is 0 Å². The van der Waals surface area contributed by atoms with Gasteiger partial charge in [-0.05, 0) is 6.42 Å². The first kappa shape index (κ1) is 14.2. The van der Waals surface area contributed by atoms with E-state index in [4.69, 9.17) is 4.74 Å². The average Bonchev–Trinajstić information content (AvgIpc) is 2.51. The maximum atomic E-state index is 12.2. The fraction of sp³-hybridized carbons (Fsp3) is 0.923. The van der Waals surface area contributed by atoms with Crippen LogP contribution in [0.3, 0.4) is 0 Å². The van der Waals surface area contributed by atoms with Crippen molar-refractivity contribution in [3.05, 3.63) is 0 Å². The molecule has 2 heterocycles. The summed E-state index contributed by atoms with van der Waals surface area (Å²) in [5.41, 5.74) is 0. The number of hydrogen-bond donors (Lipinski definition) is 1. The van der Waals surface area contributed by atoms with Crippen LogP contribution < -0.4 is 5.32 Å². The first-order valence-corrected chi connectivity index (χ1v) is 7.79. The Labute approximate surface area is 114 Å². The average molecular weight is 272 g/mol. The highest BCUT2D eigenvalue weighted by Gasteiger charge is 2.27. The number of carbonyl (C=O) groups is 1. The molecule has 0 radical (unpaired) electrons. The van der Waals surface area contributed by atoms with E-state index >= 15 is 0 Å². The number of carbonyl (C=O) groups excluding carboxylic acids is 1. The summed E-state index contributed by atoms with van der Waals surface area (Å²) in [4.78, 5) is 14.3. The van der Waals surface area contributed by atoms with Gasteiger partial charge in [0.15, 0.2) is 0 Å². The van der Waals surface area contributed by atoms with Crippen LogP contribution >= 0.6 is 11.8 Å². The van der Waals surface area contributed by atoms with Crippen molar-refractivity contribution in [2.45, 2.75) is 37.5 Å². The third-order valence-electron chi connectivity index (χ3n) is 3.60. The molecule has 0 aliphatic carbocycles. The molecule has 2 fully saturated rings. The van der Waals surface area contributed by atoms with Gasteiger partial charge in [-0.3, -0.25) is 4.79 Å². The molecule has 1 unspecified atom stereocenters. The van der Waals surface area contributed by atoms with Crippen LogP contribution in [-0.4, -0.2) is 60.2 Å². The van der Waals surface area contributed by atoms with Gasteiger partial charge in [-0.15, -0.1) is 0 Å². The van der Waals surface area contributed by atoms with Gasteiger partial charge in [0.05, 0.1) is 19.1 Å². The van der Waals surface area contributed by atoms with Crippen molar-refractivity contribution in [2.24, 2.45) is 0 Å². The fourth-order valence-corrected chi connectivity index (χ4v) is 3.44. The molecule has 0 bridgehead atoms. The standard InChI is InChI=1S/C13H24N2O2S/c1-13(2)3-5-15(6-8-18-13)12(16)9-11-10-14-4-7-17-11/h11,14H,3-10H2,1-2H3. The summed E-state index contributed by atoms with van der Waals surface area (Å²) in [6, 6.07) is 0. The van der Waals surface area contributed by atoms with Gasteiger partial charge in [0, 0.05) is 36.7 Å². The lowest BCUT2D eigenvalue weighted by Crippen LogP contribution is -2.43. The molecule has 5 heteroatoms. The number of amides is 1. The molecule has 1 amide bonds. The van der Waals surface area contributed by atoms with Crippen molar-refractivity contribution in [1.82, 2.24) is 10.2 Å². The summed E-state index contributed by atoms with van der Waals surface area (Å²) >= 11 is 1.97. The lowest BCUT2D eigenvalue weighted by molar-refractivity contribution is -0.134. The number of hydrogen-bond acceptors (Lipinski definition) is 4. The Hall–Kier alpha value is -0.260. The highest BCUT2D eigenvalue weighted by Crippen LogP contribution is 2.30. The number of ether oxygens (including phenoxy) is 1. The Kier molecular flexibility index (Phi) is 4.92. The molecule has 1 atom stereocenters. The van der Waals surface area contributed by atoms with Crippen molar-refractivity contribution < 1.29 is 9.53 Å². The summed E-state index contributed by atoms with van der Waals surface area (Å²) < 4.78 is 5.90. The number of morpholine rings is 1. The van der Waals surface area contributed by atoms with Crippen molar-refractivity contribution in [3.63, 3.8) is 0 Å². The summed E-state index contributed by atoms with van der Waals surface area (Å²) in [6.45, 7) is 8.73. The largest absolute Gasteiger partial charge is 0.375 e. The van der Waals surface area contributed by atoms with E-state index in [2.05, 4.69) is 19.2 Å². The smallest absolute Gasteiger partial charge is 0.225 e. The second-order valence-corrected chi connectivity index (χ2v) is 7.44. The maximum Gasteiger partial charge on any atom is 0.225 e. The maximum absolute atomic E-state index is 12.2. The van der Waals surface area contributed by atoms with Crippen molar-refractivity contribution >= 4 is 17.7 Å². The summed E-state index contributed by atoms with van der Waals surface area (Å²) in [6.07, 6.45) is 1.67. The Morgan fingerprint density at radius 2 is 2.33 bits per heavy atom. The summed E-state index contributed by atoms with van der Waals surface area (Å²) in [5.74, 6) is 1.30. The minimum absolute atomic E-state index is 0.0650. The topological polar surface area (TPSA) is 41.6 Å². The number of rotatable bonds is 2. The van der Waals surface area contributed by atoms with Crippen LogP contribution in [0.1, 0.15) is 26.7 Å². The van der Waals surface area contributed by atoms with Gasteiger partial charge >= 0.3 is 0 Å². The monoisotopic (exact) mass is 272 g/mol. The van der Waals surface area contributed by atoms with E-state index < -0.39 is 0 Å². The van der Waals surface area contributed by atoms with E-state index in [-0.39, 0.29) is 12.0 Å². The normalized spacial score (nSPS) is 28.8. The number of nitrogens with zero attached hydrogens (tertiary/aromatic N) is 1. The third-order valence-corrected chi connectivity index (χ3v) is 4.97. The predicted molar refractivity (Wildman–Crippen MR) is 75.0 cm³/mol. The molecule has 2 aliphatic rings. The Balaban J connectivity index is 1.81. The van der Waals surface area contributed by atoms with Crippen LogP contribution in [-0.2, 0) is 9.53 Å². The predicted octanol–water partition coefficient (Wildman–Crippen LogP) is 1.11. The van der Waals surface area contributed by atoms with Gasteiger partial charge in [-0.1, -0.05) is 13.8 Å². The molecular formula is C13H24N2O2S. The van der Waals surface area contributed by atoms with Crippen LogP contribution in [0.2, 0.25) is 0 Å². The highest BCUT2D eigenvalue weighted by atomic mass is 32.2. The minimum Gasteiger partial charge on any atom is -0.375 e. The van der Waals surface area contributed by atoms with E-state index in [1.54, 1.807) is 0 Å². The first-order valence-electron chi connectivity index (χ1n) is 6.81. The third kappa shape index (κ3) is 4.14. The molecular weight excluding hydrogens is 248 g/mol. The Bertz CT molecular complexity index is 291. The molecule has 18 heavy (non-hydrogen) atoms. The number of nitrogens with one attached hydrogen (secondary N) is 1. The zero-order valence-corrected chi connectivity index (χ0v) is 12.2. The van der Waals surface area contributed by atoms with Gasteiger partial charge in [0.2, 0.25) is 5.91 Å². The highest BCUT2D eigenvalue weighted by molar-refractivity contribution is 8.00. The molecule has 2 rings (SSSR count). The van der Waals surface area contributed by atoms with Crippen LogP contribution in [0.25, 0.3) is 0 Å². The van der Waals surface area contributed by atoms with Crippen molar-refractivity contribution in [1.29, 1.82) is 0 Å². The lowest BCUT2D eigenvalue weighted by Gasteiger charge is -2.27. The van der Waals surface area contributed by atoms with E-state index in [1.807, 2.05) is 16.7 Å². The fourth-order valence-electron chi connectivity index (χ4n) is 2.34. The lowest BCUT2D eigenvalue weighted by atomic mass is 10.1. The molecule has 0 spiro atoms. The summed E-state index contributed by atoms with van der Waals surface area (Å²) in [7, 11) is 0. The van der Waals surface area contributed by atoms with E-state index in [0.717, 1.165) is 45.0 Å². The molecule has 0 aromatic rings. The molecule has 0 aromatic carbocycles. The first-order chi connectivity index (χ1) is 8.57. The van der Waals surface area contributed by atoms with Gasteiger partial charge in [-0.2, -0.15) is 11.8 Å². The molecule has 0 aromatic heterocycles. The van der Waals surface area contributed by atoms with Crippen LogP contribution in [0.4, 0.5) is 0 Å². The van der Waals surface area contributed by atoms with Gasteiger partial charge in [0.1, 0.15) is 0 Å². The van der Waals surface area contributed by atoms with E-state index in [0.29, 0.717) is 11.2 Å². The van der Waals surface area contributed by atoms with Gasteiger partial charge < -0.3 is 15.0 Å².